The number of amides is 2. The number of pyridine rings is 1. The zero-order valence-corrected chi connectivity index (χ0v) is 21.6. The molecule has 0 aromatic carbocycles. The van der Waals surface area contributed by atoms with E-state index < -0.39 is 12.7 Å². The van der Waals surface area contributed by atoms with Gasteiger partial charge in [0.25, 0.3) is 0 Å². The van der Waals surface area contributed by atoms with Gasteiger partial charge in [0.2, 0.25) is 0 Å². The Kier molecular flexibility index (Phi) is 6.00. The maximum atomic E-state index is 13.5. The SMILES string of the molecule is CN(C)[C@H]1CCN(c2nn(CC(F)(F)F)c3cc(-c4[nH]ncc4NC(=O)N4CCCCC45CC5)ncc23)C1. The van der Waals surface area contributed by atoms with Crippen LogP contribution in [0.2, 0.25) is 0 Å². The number of anilines is 2. The fraction of sp³-hybridized carbons (Fsp3) is 0.600. The number of halogens is 3. The summed E-state index contributed by atoms with van der Waals surface area (Å²) in [7, 11) is 4.00. The molecule has 0 unspecified atom stereocenters. The summed E-state index contributed by atoms with van der Waals surface area (Å²) >= 11 is 0. The second kappa shape index (κ2) is 9.14. The van der Waals surface area contributed by atoms with Gasteiger partial charge in [-0.2, -0.15) is 23.4 Å². The van der Waals surface area contributed by atoms with Crippen molar-refractivity contribution < 1.29 is 18.0 Å². The third kappa shape index (κ3) is 4.56. The number of rotatable bonds is 5. The van der Waals surface area contributed by atoms with Crippen molar-refractivity contribution in [1.82, 2.24) is 34.8 Å². The van der Waals surface area contributed by atoms with Gasteiger partial charge in [0.05, 0.1) is 28.5 Å². The second-order valence-corrected chi connectivity index (χ2v) is 11.0. The lowest BCUT2D eigenvalue weighted by Crippen LogP contribution is -2.47. The third-order valence-electron chi connectivity index (χ3n) is 8.19. The first kappa shape index (κ1) is 25.0. The van der Waals surface area contributed by atoms with Gasteiger partial charge in [-0.05, 0) is 58.7 Å². The zero-order chi connectivity index (χ0) is 26.7. The number of alkyl halides is 3. The summed E-state index contributed by atoms with van der Waals surface area (Å²) in [4.78, 5) is 23.8. The first-order valence-corrected chi connectivity index (χ1v) is 13.1. The predicted molar refractivity (Wildman–Crippen MR) is 137 cm³/mol. The van der Waals surface area contributed by atoms with Crippen LogP contribution in [0, 0.1) is 0 Å². The van der Waals surface area contributed by atoms with Crippen molar-refractivity contribution in [2.24, 2.45) is 0 Å². The smallest absolute Gasteiger partial charge is 0.353 e. The molecule has 6 rings (SSSR count). The molecule has 3 aromatic heterocycles. The van der Waals surface area contributed by atoms with Crippen LogP contribution in [-0.2, 0) is 6.54 Å². The summed E-state index contributed by atoms with van der Waals surface area (Å²) in [6.45, 7) is 0.897. The molecule has 1 atom stereocenters. The molecule has 0 bridgehead atoms. The largest absolute Gasteiger partial charge is 0.408 e. The summed E-state index contributed by atoms with van der Waals surface area (Å²) < 4.78 is 41.5. The van der Waals surface area contributed by atoms with E-state index in [1.54, 1.807) is 12.3 Å². The van der Waals surface area contributed by atoms with E-state index in [2.05, 4.69) is 30.5 Å². The highest BCUT2D eigenvalue weighted by Gasteiger charge is 2.51. The van der Waals surface area contributed by atoms with Crippen molar-refractivity contribution in [1.29, 1.82) is 0 Å². The van der Waals surface area contributed by atoms with E-state index in [4.69, 9.17) is 0 Å². The summed E-state index contributed by atoms with van der Waals surface area (Å²) in [5.41, 5.74) is 1.57. The van der Waals surface area contributed by atoms with Crippen molar-refractivity contribution in [2.75, 3.05) is 43.9 Å². The van der Waals surface area contributed by atoms with Gasteiger partial charge in [-0.1, -0.05) is 0 Å². The number of urea groups is 1. The lowest BCUT2D eigenvalue weighted by molar-refractivity contribution is -0.141. The van der Waals surface area contributed by atoms with E-state index in [9.17, 15) is 18.0 Å². The normalized spacial score (nSPS) is 21.2. The summed E-state index contributed by atoms with van der Waals surface area (Å²) in [6.07, 6.45) is 4.72. The molecule has 3 fully saturated rings. The van der Waals surface area contributed by atoms with Crippen LogP contribution in [0.25, 0.3) is 22.3 Å². The fourth-order valence-electron chi connectivity index (χ4n) is 5.91. The number of nitrogens with zero attached hydrogens (tertiary/aromatic N) is 7. The maximum Gasteiger partial charge on any atom is 0.408 e. The second-order valence-electron chi connectivity index (χ2n) is 11.0. The van der Waals surface area contributed by atoms with Crippen LogP contribution in [0.4, 0.5) is 29.5 Å². The number of fused-ring (bicyclic) bond motifs is 1. The van der Waals surface area contributed by atoms with Gasteiger partial charge < -0.3 is 20.0 Å². The highest BCUT2D eigenvalue weighted by Crippen LogP contribution is 2.48. The molecule has 13 heteroatoms. The number of likely N-dealkylation sites (N-methyl/N-ethyl adjacent to an activating group) is 1. The Labute approximate surface area is 218 Å². The Morgan fingerprint density at radius 1 is 1.21 bits per heavy atom. The molecular formula is C25H32F3N9O. The average molecular weight is 532 g/mol. The topological polar surface area (TPSA) is 98.2 Å². The van der Waals surface area contributed by atoms with E-state index in [1.165, 1.54) is 6.20 Å². The molecule has 3 aliphatic rings. The van der Waals surface area contributed by atoms with Crippen molar-refractivity contribution in [3.8, 4) is 11.4 Å². The van der Waals surface area contributed by atoms with E-state index in [-0.39, 0.29) is 11.6 Å². The minimum absolute atomic E-state index is 0.0228. The molecular weight excluding hydrogens is 499 g/mol. The molecule has 0 radical (unpaired) electrons. The van der Waals surface area contributed by atoms with Gasteiger partial charge in [-0.15, -0.1) is 0 Å². The number of likely N-dealkylation sites (tertiary alicyclic amines) is 1. The van der Waals surface area contributed by atoms with Gasteiger partial charge in [0.1, 0.15) is 12.2 Å². The summed E-state index contributed by atoms with van der Waals surface area (Å²) in [5, 5.41) is 14.9. The highest BCUT2D eigenvalue weighted by molar-refractivity contribution is 5.96. The number of aromatic nitrogens is 5. The molecule has 2 aliphatic heterocycles. The Morgan fingerprint density at radius 3 is 2.74 bits per heavy atom. The minimum atomic E-state index is -4.43. The van der Waals surface area contributed by atoms with E-state index >= 15 is 0 Å². The van der Waals surface area contributed by atoms with Crippen LogP contribution >= 0.6 is 0 Å². The Bertz CT molecular complexity index is 1340. The zero-order valence-electron chi connectivity index (χ0n) is 21.6. The quantitative estimate of drug-likeness (QED) is 0.515. The van der Waals surface area contributed by atoms with Crippen LogP contribution in [-0.4, -0.2) is 92.3 Å². The molecule has 1 spiro atoms. The maximum absolute atomic E-state index is 13.5. The van der Waals surface area contributed by atoms with Crippen molar-refractivity contribution in [3.05, 3.63) is 18.5 Å². The Balaban J connectivity index is 1.32. The Hall–Kier alpha value is -3.35. The molecule has 2 amide bonds. The Morgan fingerprint density at radius 2 is 2.03 bits per heavy atom. The van der Waals surface area contributed by atoms with Crippen LogP contribution in [0.3, 0.4) is 0 Å². The standard InChI is InChI=1S/C25H32F3N9O/c1-34(2)16-5-10-35(14-16)22-17-12-29-18(11-20(17)37(33-22)15-25(26,27)28)21-19(13-30-32-21)31-23(38)36-9-4-3-6-24(36)7-8-24/h11-13,16H,3-10,14-15H2,1-2H3,(H,30,32)(H,31,38)/t16-/m0/s1. The number of hydrogen-bond acceptors (Lipinski definition) is 6. The third-order valence-corrected chi connectivity index (χ3v) is 8.19. The van der Waals surface area contributed by atoms with Crippen LogP contribution in [0.5, 0.6) is 0 Å². The lowest BCUT2D eigenvalue weighted by Gasteiger charge is -2.36. The van der Waals surface area contributed by atoms with E-state index in [0.29, 0.717) is 59.5 Å². The molecule has 1 aliphatic carbocycles. The predicted octanol–water partition coefficient (Wildman–Crippen LogP) is 4.07. The van der Waals surface area contributed by atoms with Crippen LogP contribution in [0.15, 0.2) is 18.5 Å². The monoisotopic (exact) mass is 531 g/mol. The first-order valence-electron chi connectivity index (χ1n) is 13.1. The number of H-pyrrole nitrogens is 1. The first-order chi connectivity index (χ1) is 18.1. The van der Waals surface area contributed by atoms with Crippen LogP contribution in [0.1, 0.15) is 38.5 Å². The summed E-state index contributed by atoms with van der Waals surface area (Å²) in [5.74, 6) is 0.505. The average Bonchev–Trinajstić information content (AvgIpc) is 3.22. The van der Waals surface area contributed by atoms with E-state index in [1.807, 2.05) is 23.9 Å². The molecule has 5 heterocycles. The highest BCUT2D eigenvalue weighted by atomic mass is 19.4. The molecule has 38 heavy (non-hydrogen) atoms. The molecule has 1 saturated carbocycles. The molecule has 2 N–H and O–H groups in total. The number of hydrogen-bond donors (Lipinski definition) is 2. The van der Waals surface area contributed by atoms with Gasteiger partial charge in [0, 0.05) is 37.4 Å². The number of carbonyl (C=O) groups is 1. The number of carbonyl (C=O) groups excluding carboxylic acids is 1. The molecule has 10 nitrogen and oxygen atoms in total. The fourth-order valence-corrected chi connectivity index (χ4v) is 5.91. The van der Waals surface area contributed by atoms with Gasteiger partial charge >= 0.3 is 12.2 Å². The van der Waals surface area contributed by atoms with E-state index in [0.717, 1.165) is 43.2 Å². The number of piperidine rings is 1. The van der Waals surface area contributed by atoms with Crippen LogP contribution < -0.4 is 10.2 Å². The molecule has 2 saturated heterocycles. The van der Waals surface area contributed by atoms with Gasteiger partial charge in [-0.3, -0.25) is 14.8 Å². The summed E-state index contributed by atoms with van der Waals surface area (Å²) in [6, 6.07) is 1.71. The van der Waals surface area contributed by atoms with Gasteiger partial charge in [-0.25, -0.2) is 4.79 Å². The molecule has 3 aromatic rings. The lowest BCUT2D eigenvalue weighted by atomic mass is 10.0. The number of aromatic amines is 1. The van der Waals surface area contributed by atoms with Crippen molar-refractivity contribution in [2.45, 2.75) is 62.8 Å². The van der Waals surface area contributed by atoms with Crippen molar-refractivity contribution in [3.63, 3.8) is 0 Å². The van der Waals surface area contributed by atoms with Gasteiger partial charge in [0.15, 0.2) is 5.82 Å². The minimum Gasteiger partial charge on any atom is -0.353 e. The molecule has 204 valence electrons. The number of nitrogens with one attached hydrogen (secondary N) is 2. The van der Waals surface area contributed by atoms with Crippen molar-refractivity contribution >= 4 is 28.4 Å².